The van der Waals surface area contributed by atoms with Crippen LogP contribution < -0.4 is 10.1 Å². The Morgan fingerprint density at radius 2 is 2.15 bits per heavy atom. The Kier molecular flexibility index (Phi) is 5.18. The lowest BCUT2D eigenvalue weighted by molar-refractivity contribution is -0.123. The van der Waals surface area contributed by atoms with E-state index in [1.54, 1.807) is 32.4 Å². The third-order valence-corrected chi connectivity index (χ3v) is 5.14. The van der Waals surface area contributed by atoms with Gasteiger partial charge in [-0.1, -0.05) is 0 Å². The van der Waals surface area contributed by atoms with Crippen molar-refractivity contribution in [3.05, 3.63) is 30.0 Å². The molecule has 0 spiro atoms. The van der Waals surface area contributed by atoms with Crippen LogP contribution in [-0.2, 0) is 9.53 Å². The summed E-state index contributed by atoms with van der Waals surface area (Å²) >= 11 is 0. The zero-order valence-corrected chi connectivity index (χ0v) is 15.4. The van der Waals surface area contributed by atoms with Gasteiger partial charge in [-0.25, -0.2) is 0 Å². The van der Waals surface area contributed by atoms with Crippen LogP contribution in [0.15, 0.2) is 24.4 Å². The number of ether oxygens (including phenoxy) is 2. The Morgan fingerprint density at radius 1 is 1.35 bits per heavy atom. The lowest BCUT2D eigenvalue weighted by Crippen LogP contribution is -2.52. The fraction of sp³-hybridized carbons (Fsp3) is 0.474. The Morgan fingerprint density at radius 3 is 2.85 bits per heavy atom. The monoisotopic (exact) mass is 359 g/mol. The lowest BCUT2D eigenvalue weighted by atomic mass is 9.91. The molecular weight excluding hydrogens is 334 g/mol. The van der Waals surface area contributed by atoms with Crippen LogP contribution in [0.5, 0.6) is 5.75 Å². The standard InChI is InChI=1S/C19H25N3O4/c1-20-17(23)10-19(12-25-2)7-4-8-22(19)18(24)15-11-21-16-6-5-13(26-3)9-14(15)16/h5-6,9,11,21H,4,7-8,10,12H2,1-3H3,(H,20,23)/t19-/m1/s1. The molecule has 3 rings (SSSR count). The summed E-state index contributed by atoms with van der Waals surface area (Å²) in [5, 5.41) is 3.47. The van der Waals surface area contributed by atoms with E-state index in [9.17, 15) is 9.59 Å². The largest absolute Gasteiger partial charge is 0.497 e. The number of H-pyrrole nitrogens is 1. The second-order valence-electron chi connectivity index (χ2n) is 6.68. The van der Waals surface area contributed by atoms with Crippen molar-refractivity contribution in [3.8, 4) is 5.75 Å². The smallest absolute Gasteiger partial charge is 0.256 e. The first-order valence-corrected chi connectivity index (χ1v) is 8.71. The highest BCUT2D eigenvalue weighted by atomic mass is 16.5. The molecule has 0 aliphatic carbocycles. The Hall–Kier alpha value is -2.54. The van der Waals surface area contributed by atoms with E-state index in [-0.39, 0.29) is 18.2 Å². The van der Waals surface area contributed by atoms with Gasteiger partial charge in [0.25, 0.3) is 5.91 Å². The van der Waals surface area contributed by atoms with Crippen molar-refractivity contribution < 1.29 is 19.1 Å². The van der Waals surface area contributed by atoms with Crippen LogP contribution >= 0.6 is 0 Å². The number of nitrogens with zero attached hydrogens (tertiary/aromatic N) is 1. The van der Waals surface area contributed by atoms with Crippen LogP contribution in [0.25, 0.3) is 10.9 Å². The van der Waals surface area contributed by atoms with Gasteiger partial charge >= 0.3 is 0 Å². The van der Waals surface area contributed by atoms with Crippen LogP contribution in [0.2, 0.25) is 0 Å². The molecule has 7 heteroatoms. The quantitative estimate of drug-likeness (QED) is 0.826. The zero-order valence-electron chi connectivity index (χ0n) is 15.4. The number of carbonyl (C=O) groups excluding carboxylic acids is 2. The van der Waals surface area contributed by atoms with E-state index in [2.05, 4.69) is 10.3 Å². The summed E-state index contributed by atoms with van der Waals surface area (Å²) in [7, 11) is 4.81. The van der Waals surface area contributed by atoms with Gasteiger partial charge in [0.15, 0.2) is 0 Å². The van der Waals surface area contributed by atoms with Crippen molar-refractivity contribution in [2.75, 3.05) is 34.4 Å². The summed E-state index contributed by atoms with van der Waals surface area (Å²) in [4.78, 5) is 30.4. The number of methoxy groups -OCH3 is 2. The predicted octanol–water partition coefficient (Wildman–Crippen LogP) is 1.93. The number of hydrogen-bond donors (Lipinski definition) is 2. The molecule has 1 fully saturated rings. The molecule has 1 aliphatic rings. The number of nitrogens with one attached hydrogen (secondary N) is 2. The number of amides is 2. The maximum absolute atomic E-state index is 13.4. The molecule has 1 aliphatic heterocycles. The SMILES string of the molecule is CNC(=O)C[C@@]1(COC)CCCN1C(=O)c1c[nH]c2ccc(OC)cc12. The van der Waals surface area contributed by atoms with E-state index in [4.69, 9.17) is 9.47 Å². The minimum absolute atomic E-state index is 0.0945. The van der Waals surface area contributed by atoms with Gasteiger partial charge in [0.1, 0.15) is 5.75 Å². The average Bonchev–Trinajstić information content (AvgIpc) is 3.25. The molecule has 1 aromatic heterocycles. The molecule has 7 nitrogen and oxygen atoms in total. The van der Waals surface area contributed by atoms with Gasteiger partial charge in [0.2, 0.25) is 5.91 Å². The molecule has 2 heterocycles. The van der Waals surface area contributed by atoms with Crippen molar-refractivity contribution in [3.63, 3.8) is 0 Å². The average molecular weight is 359 g/mol. The first-order valence-electron chi connectivity index (χ1n) is 8.71. The number of hydrogen-bond acceptors (Lipinski definition) is 4. The molecule has 1 saturated heterocycles. The van der Waals surface area contributed by atoms with Crippen molar-refractivity contribution >= 4 is 22.7 Å². The van der Waals surface area contributed by atoms with Gasteiger partial charge in [0, 0.05) is 37.8 Å². The lowest BCUT2D eigenvalue weighted by Gasteiger charge is -2.37. The molecule has 2 N–H and O–H groups in total. The van der Waals surface area contributed by atoms with Gasteiger partial charge < -0.3 is 24.7 Å². The molecule has 2 aromatic rings. The zero-order chi connectivity index (χ0) is 18.7. The van der Waals surface area contributed by atoms with Gasteiger partial charge in [-0.05, 0) is 31.0 Å². The van der Waals surface area contributed by atoms with Crippen LogP contribution in [0.3, 0.4) is 0 Å². The number of aromatic amines is 1. The number of aromatic nitrogens is 1. The van der Waals surface area contributed by atoms with Gasteiger partial charge in [0.05, 0.1) is 31.2 Å². The highest BCUT2D eigenvalue weighted by Gasteiger charge is 2.45. The Balaban J connectivity index is 1.98. The van der Waals surface area contributed by atoms with Crippen LogP contribution in [0.1, 0.15) is 29.6 Å². The highest BCUT2D eigenvalue weighted by molar-refractivity contribution is 6.07. The summed E-state index contributed by atoms with van der Waals surface area (Å²) in [5.74, 6) is 0.506. The summed E-state index contributed by atoms with van der Waals surface area (Å²) < 4.78 is 10.7. The molecule has 1 atom stereocenters. The molecule has 1 aromatic carbocycles. The highest BCUT2D eigenvalue weighted by Crippen LogP contribution is 2.35. The second kappa shape index (κ2) is 7.37. The van der Waals surface area contributed by atoms with E-state index in [0.717, 1.165) is 23.7 Å². The molecule has 26 heavy (non-hydrogen) atoms. The normalized spacial score (nSPS) is 19.7. The van der Waals surface area contributed by atoms with Gasteiger partial charge in [-0.3, -0.25) is 9.59 Å². The fourth-order valence-electron chi connectivity index (χ4n) is 3.85. The summed E-state index contributed by atoms with van der Waals surface area (Å²) in [6.07, 6.45) is 3.54. The van der Waals surface area contributed by atoms with E-state index in [1.807, 2.05) is 18.2 Å². The summed E-state index contributed by atoms with van der Waals surface area (Å²) in [5.41, 5.74) is 0.837. The Labute approximate surface area is 152 Å². The third-order valence-electron chi connectivity index (χ3n) is 5.14. The van der Waals surface area contributed by atoms with E-state index >= 15 is 0 Å². The third kappa shape index (κ3) is 3.14. The number of rotatable bonds is 6. The first-order chi connectivity index (χ1) is 12.5. The van der Waals surface area contributed by atoms with Crippen molar-refractivity contribution in [2.24, 2.45) is 0 Å². The first kappa shape index (κ1) is 18.3. The fourth-order valence-corrected chi connectivity index (χ4v) is 3.85. The maximum atomic E-state index is 13.4. The van der Waals surface area contributed by atoms with Crippen LogP contribution in [0.4, 0.5) is 0 Å². The van der Waals surface area contributed by atoms with Crippen molar-refractivity contribution in [2.45, 2.75) is 24.8 Å². The maximum Gasteiger partial charge on any atom is 0.256 e. The number of benzene rings is 1. The van der Waals surface area contributed by atoms with E-state index in [1.165, 1.54) is 0 Å². The minimum Gasteiger partial charge on any atom is -0.497 e. The van der Waals surface area contributed by atoms with Crippen molar-refractivity contribution in [1.29, 1.82) is 0 Å². The predicted molar refractivity (Wildman–Crippen MR) is 98.4 cm³/mol. The Bertz CT molecular complexity index is 816. The van der Waals surface area contributed by atoms with Crippen molar-refractivity contribution in [1.82, 2.24) is 15.2 Å². The van der Waals surface area contributed by atoms with Gasteiger partial charge in [-0.15, -0.1) is 0 Å². The second-order valence-corrected chi connectivity index (χ2v) is 6.68. The number of carbonyl (C=O) groups is 2. The van der Waals surface area contributed by atoms with E-state index < -0.39 is 5.54 Å². The summed E-state index contributed by atoms with van der Waals surface area (Å²) in [6, 6.07) is 5.59. The molecule has 2 amide bonds. The molecule has 0 unspecified atom stereocenters. The van der Waals surface area contributed by atoms with Crippen LogP contribution in [0, 0.1) is 0 Å². The molecule has 0 saturated carbocycles. The molecular formula is C19H25N3O4. The topological polar surface area (TPSA) is 83.7 Å². The number of fused-ring (bicyclic) bond motifs is 1. The minimum atomic E-state index is -0.617. The van der Waals surface area contributed by atoms with Crippen LogP contribution in [-0.4, -0.2) is 61.7 Å². The van der Waals surface area contributed by atoms with Gasteiger partial charge in [-0.2, -0.15) is 0 Å². The van der Waals surface area contributed by atoms with E-state index in [0.29, 0.717) is 24.5 Å². The molecule has 0 radical (unpaired) electrons. The molecule has 140 valence electrons. The molecule has 0 bridgehead atoms. The number of likely N-dealkylation sites (tertiary alicyclic amines) is 1. The summed E-state index contributed by atoms with van der Waals surface area (Å²) in [6.45, 7) is 0.938.